The van der Waals surface area contributed by atoms with Gasteiger partial charge in [-0.05, 0) is 67.2 Å². The number of benzene rings is 2. The molecule has 0 aliphatic carbocycles. The Morgan fingerprint density at radius 3 is 2.58 bits per heavy atom. The van der Waals surface area contributed by atoms with Gasteiger partial charge in [0, 0.05) is 0 Å². The van der Waals surface area contributed by atoms with Gasteiger partial charge in [0.15, 0.2) is 23.2 Å². The number of nitrogens with one attached hydrogen (secondary N) is 1. The minimum Gasteiger partial charge on any atom is -0.493 e. The van der Waals surface area contributed by atoms with E-state index in [2.05, 4.69) is 5.32 Å². The van der Waals surface area contributed by atoms with Crippen molar-refractivity contribution in [3.05, 3.63) is 58.4 Å². The summed E-state index contributed by atoms with van der Waals surface area (Å²) in [5.74, 6) is -2.20. The largest absolute Gasteiger partial charge is 0.493 e. The Hall–Kier alpha value is -3.50. The Labute approximate surface area is 198 Å². The molecule has 0 atom stereocenters. The van der Waals surface area contributed by atoms with Gasteiger partial charge in [-0.3, -0.25) is 19.8 Å². The zero-order valence-electron chi connectivity index (χ0n) is 17.5. The van der Waals surface area contributed by atoms with Gasteiger partial charge in [0.25, 0.3) is 11.8 Å². The Morgan fingerprint density at radius 1 is 1.24 bits per heavy atom. The predicted molar refractivity (Wildman–Crippen MR) is 123 cm³/mol. The Bertz CT molecular complexity index is 1150. The quantitative estimate of drug-likeness (QED) is 0.274. The van der Waals surface area contributed by atoms with Crippen LogP contribution in [0.1, 0.15) is 12.5 Å². The van der Waals surface area contributed by atoms with E-state index in [0.717, 1.165) is 4.90 Å². The molecule has 1 aliphatic heterocycles. The van der Waals surface area contributed by atoms with E-state index in [1.54, 1.807) is 6.92 Å². The van der Waals surface area contributed by atoms with E-state index in [1.165, 1.54) is 49.6 Å². The number of hydrogen-bond donors (Lipinski definition) is 1. The molecule has 172 valence electrons. The van der Waals surface area contributed by atoms with Crippen molar-refractivity contribution in [2.75, 3.05) is 25.2 Å². The molecule has 0 aromatic heterocycles. The molecular formula is C22H18ClFN2O6S. The molecule has 1 saturated heterocycles. The highest BCUT2D eigenvalue weighted by Gasteiger charge is 2.34. The molecule has 0 unspecified atom stereocenters. The van der Waals surface area contributed by atoms with Gasteiger partial charge in [-0.1, -0.05) is 11.6 Å². The van der Waals surface area contributed by atoms with Crippen LogP contribution in [-0.4, -0.2) is 43.2 Å². The second kappa shape index (κ2) is 10.4. The number of amides is 2. The number of nitrogens with zero attached hydrogens (tertiary/aromatic N) is 1. The topological polar surface area (TPSA) is 94.2 Å². The summed E-state index contributed by atoms with van der Waals surface area (Å²) in [6.45, 7) is 1.49. The smallest absolute Gasteiger partial charge is 0.344 e. The van der Waals surface area contributed by atoms with Crippen LogP contribution in [0.4, 0.5) is 10.1 Å². The highest BCUT2D eigenvalue weighted by atomic mass is 35.5. The van der Waals surface area contributed by atoms with E-state index >= 15 is 0 Å². The Morgan fingerprint density at radius 2 is 1.94 bits per heavy atom. The van der Waals surface area contributed by atoms with Crippen molar-refractivity contribution in [1.82, 2.24) is 5.32 Å². The van der Waals surface area contributed by atoms with E-state index in [-0.39, 0.29) is 46.1 Å². The number of halogens is 2. The highest BCUT2D eigenvalue weighted by molar-refractivity contribution is 7.80. The number of ether oxygens (including phenoxy) is 3. The molecule has 0 radical (unpaired) electrons. The maximum atomic E-state index is 13.3. The van der Waals surface area contributed by atoms with Crippen LogP contribution in [0.2, 0.25) is 5.02 Å². The normalized spacial score (nSPS) is 14.8. The van der Waals surface area contributed by atoms with Crippen molar-refractivity contribution in [1.29, 1.82) is 0 Å². The number of anilines is 1. The molecule has 8 nitrogen and oxygen atoms in total. The van der Waals surface area contributed by atoms with Crippen molar-refractivity contribution < 1.29 is 33.0 Å². The number of hydrogen-bond acceptors (Lipinski definition) is 7. The average molecular weight is 493 g/mol. The molecule has 1 fully saturated rings. The molecule has 33 heavy (non-hydrogen) atoms. The van der Waals surface area contributed by atoms with E-state index in [0.29, 0.717) is 5.56 Å². The van der Waals surface area contributed by atoms with E-state index in [1.807, 2.05) is 0 Å². The van der Waals surface area contributed by atoms with Crippen LogP contribution >= 0.6 is 23.8 Å². The van der Waals surface area contributed by atoms with Gasteiger partial charge in [-0.25, -0.2) is 9.18 Å². The van der Waals surface area contributed by atoms with Crippen molar-refractivity contribution in [2.45, 2.75) is 6.92 Å². The second-order valence-electron chi connectivity index (χ2n) is 6.56. The minimum atomic E-state index is -0.707. The van der Waals surface area contributed by atoms with Crippen LogP contribution in [0.15, 0.2) is 42.0 Å². The van der Waals surface area contributed by atoms with Gasteiger partial charge in [0.05, 0.1) is 24.4 Å². The summed E-state index contributed by atoms with van der Waals surface area (Å²) in [7, 11) is 1.37. The Kier molecular flexibility index (Phi) is 7.62. The van der Waals surface area contributed by atoms with Crippen LogP contribution in [0.5, 0.6) is 11.5 Å². The van der Waals surface area contributed by atoms with Crippen LogP contribution < -0.4 is 19.7 Å². The van der Waals surface area contributed by atoms with Gasteiger partial charge in [-0.2, -0.15) is 0 Å². The first-order valence-corrected chi connectivity index (χ1v) is 10.4. The molecule has 2 aromatic rings. The summed E-state index contributed by atoms with van der Waals surface area (Å²) in [6, 6.07) is 7.99. The molecule has 0 saturated carbocycles. The van der Waals surface area contributed by atoms with Gasteiger partial charge in [0.1, 0.15) is 11.4 Å². The standard InChI is InChI=1S/C22H18ClFN2O6S/c1-3-31-18(27)11-32-19-16(23)9-12(10-17(19)30-2)8-15-20(28)25-22(33)26(21(15)29)14-6-4-13(24)5-7-14/h4-10H,3,11H2,1-2H3,(H,25,28,33). The van der Waals surface area contributed by atoms with Crippen molar-refractivity contribution in [2.24, 2.45) is 0 Å². The third-order valence-electron chi connectivity index (χ3n) is 4.39. The van der Waals surface area contributed by atoms with Gasteiger partial charge in [0.2, 0.25) is 0 Å². The molecule has 2 amide bonds. The van der Waals surface area contributed by atoms with Crippen LogP contribution in [0.3, 0.4) is 0 Å². The first-order chi connectivity index (χ1) is 15.7. The van der Waals surface area contributed by atoms with E-state index in [4.69, 9.17) is 38.0 Å². The van der Waals surface area contributed by atoms with Crippen molar-refractivity contribution in [3.63, 3.8) is 0 Å². The first kappa shape index (κ1) is 24.1. The van der Waals surface area contributed by atoms with Crippen LogP contribution in [0, 0.1) is 5.82 Å². The summed E-state index contributed by atoms with van der Waals surface area (Å²) < 4.78 is 28.8. The molecule has 0 spiro atoms. The summed E-state index contributed by atoms with van der Waals surface area (Å²) in [6.07, 6.45) is 1.31. The highest BCUT2D eigenvalue weighted by Crippen LogP contribution is 2.37. The van der Waals surface area contributed by atoms with E-state index < -0.39 is 23.6 Å². The average Bonchev–Trinajstić information content (AvgIpc) is 2.77. The lowest BCUT2D eigenvalue weighted by Gasteiger charge is -2.28. The molecule has 1 N–H and O–H groups in total. The summed E-state index contributed by atoms with van der Waals surface area (Å²) >= 11 is 11.4. The lowest BCUT2D eigenvalue weighted by Crippen LogP contribution is -2.54. The second-order valence-corrected chi connectivity index (χ2v) is 7.36. The molecule has 2 aromatic carbocycles. The number of carbonyl (C=O) groups excluding carboxylic acids is 3. The third kappa shape index (κ3) is 5.47. The van der Waals surface area contributed by atoms with Crippen LogP contribution in [-0.2, 0) is 19.1 Å². The number of rotatable bonds is 7. The number of esters is 1. The SMILES string of the molecule is CCOC(=O)COc1c(Cl)cc(C=C2C(=O)NC(=S)N(c3ccc(F)cc3)C2=O)cc1OC. The zero-order chi connectivity index (χ0) is 24.1. The molecule has 1 aliphatic rings. The number of methoxy groups -OCH3 is 1. The maximum absolute atomic E-state index is 13.3. The molecular weight excluding hydrogens is 475 g/mol. The van der Waals surface area contributed by atoms with Crippen LogP contribution in [0.25, 0.3) is 6.08 Å². The minimum absolute atomic E-state index is 0.0834. The van der Waals surface area contributed by atoms with Gasteiger partial charge in [-0.15, -0.1) is 0 Å². The fourth-order valence-electron chi connectivity index (χ4n) is 2.95. The lowest BCUT2D eigenvalue weighted by atomic mass is 10.1. The summed E-state index contributed by atoms with van der Waals surface area (Å²) in [5.41, 5.74) is 0.410. The van der Waals surface area contributed by atoms with E-state index in [9.17, 15) is 18.8 Å². The molecule has 11 heteroatoms. The molecule has 1 heterocycles. The maximum Gasteiger partial charge on any atom is 0.344 e. The number of carbonyl (C=O) groups is 3. The van der Waals surface area contributed by atoms with Gasteiger partial charge >= 0.3 is 5.97 Å². The fraction of sp³-hybridized carbons (Fsp3) is 0.182. The lowest BCUT2D eigenvalue weighted by molar-refractivity contribution is -0.145. The Balaban J connectivity index is 1.93. The summed E-state index contributed by atoms with van der Waals surface area (Å²) in [4.78, 5) is 38.2. The molecule has 3 rings (SSSR count). The fourth-order valence-corrected chi connectivity index (χ4v) is 3.50. The zero-order valence-corrected chi connectivity index (χ0v) is 19.1. The predicted octanol–water partition coefficient (Wildman–Crippen LogP) is 3.26. The third-order valence-corrected chi connectivity index (χ3v) is 4.95. The number of thiocarbonyl (C=S) groups is 1. The summed E-state index contributed by atoms with van der Waals surface area (Å²) in [5, 5.41) is 2.39. The molecule has 0 bridgehead atoms. The monoisotopic (exact) mass is 492 g/mol. The van der Waals surface area contributed by atoms with Gasteiger partial charge < -0.3 is 14.2 Å². The van der Waals surface area contributed by atoms with Crippen molar-refractivity contribution in [3.8, 4) is 11.5 Å². The van der Waals surface area contributed by atoms with Crippen molar-refractivity contribution >= 4 is 58.5 Å². The first-order valence-electron chi connectivity index (χ1n) is 9.58.